The summed E-state index contributed by atoms with van der Waals surface area (Å²) in [5, 5.41) is 8.49. The second-order valence-electron chi connectivity index (χ2n) is 6.37. The van der Waals surface area contributed by atoms with Gasteiger partial charge in [-0.25, -0.2) is 5.43 Å². The number of rotatable bonds is 6. The average Bonchev–Trinajstić information content (AvgIpc) is 2.99. The topological polar surface area (TPSA) is 68.5 Å². The molecule has 1 aromatic heterocycles. The Kier molecular flexibility index (Phi) is 6.26. The van der Waals surface area contributed by atoms with Crippen LogP contribution in [0.3, 0.4) is 0 Å². The highest BCUT2D eigenvalue weighted by Crippen LogP contribution is 2.21. The van der Waals surface area contributed by atoms with Crippen LogP contribution in [-0.2, 0) is 6.54 Å². The molecule has 6 nitrogen and oxygen atoms in total. The van der Waals surface area contributed by atoms with E-state index in [2.05, 4.69) is 31.6 Å². The van der Waals surface area contributed by atoms with Gasteiger partial charge >= 0.3 is 0 Å². The number of halogens is 1. The van der Waals surface area contributed by atoms with Gasteiger partial charge in [0.25, 0.3) is 5.91 Å². The highest BCUT2D eigenvalue weighted by molar-refractivity contribution is 9.10. The van der Waals surface area contributed by atoms with Crippen molar-refractivity contribution in [2.75, 3.05) is 7.11 Å². The molecule has 0 aliphatic carbocycles. The van der Waals surface area contributed by atoms with Crippen LogP contribution in [0.2, 0.25) is 0 Å². The molecule has 144 valence electrons. The van der Waals surface area contributed by atoms with E-state index in [4.69, 9.17) is 4.74 Å². The van der Waals surface area contributed by atoms with Gasteiger partial charge in [-0.2, -0.15) is 10.2 Å². The second kappa shape index (κ2) is 8.84. The van der Waals surface area contributed by atoms with Gasteiger partial charge in [-0.1, -0.05) is 28.1 Å². The molecule has 0 bridgehead atoms. The Morgan fingerprint density at radius 3 is 2.61 bits per heavy atom. The molecule has 0 spiro atoms. The number of ether oxygens (including phenoxy) is 1. The fourth-order valence-corrected chi connectivity index (χ4v) is 3.18. The summed E-state index contributed by atoms with van der Waals surface area (Å²) in [5.41, 5.74) is 7.02. The number of hydrogen-bond acceptors (Lipinski definition) is 4. The van der Waals surface area contributed by atoms with Crippen LogP contribution in [-0.4, -0.2) is 29.0 Å². The Morgan fingerprint density at radius 1 is 1.21 bits per heavy atom. The molecule has 0 unspecified atom stereocenters. The van der Waals surface area contributed by atoms with Gasteiger partial charge in [-0.3, -0.25) is 9.48 Å². The van der Waals surface area contributed by atoms with E-state index in [0.29, 0.717) is 17.9 Å². The lowest BCUT2D eigenvalue weighted by Gasteiger charge is -2.06. The van der Waals surface area contributed by atoms with Crippen LogP contribution in [0, 0.1) is 13.8 Å². The monoisotopic (exact) mass is 440 g/mol. The predicted molar refractivity (Wildman–Crippen MR) is 113 cm³/mol. The summed E-state index contributed by atoms with van der Waals surface area (Å²) in [6.45, 7) is 4.67. The van der Waals surface area contributed by atoms with Crippen molar-refractivity contribution in [2.45, 2.75) is 20.4 Å². The van der Waals surface area contributed by atoms with Crippen LogP contribution in [0.5, 0.6) is 5.75 Å². The molecule has 0 radical (unpaired) electrons. The summed E-state index contributed by atoms with van der Waals surface area (Å²) < 4.78 is 8.13. The van der Waals surface area contributed by atoms with Crippen molar-refractivity contribution in [2.24, 2.45) is 5.10 Å². The molecule has 1 heterocycles. The van der Waals surface area contributed by atoms with Crippen LogP contribution in [0.4, 0.5) is 0 Å². The van der Waals surface area contributed by atoms with E-state index in [1.54, 1.807) is 25.5 Å². The summed E-state index contributed by atoms with van der Waals surface area (Å²) in [6.07, 6.45) is 1.55. The third-order valence-corrected chi connectivity index (χ3v) is 4.71. The minimum atomic E-state index is -0.275. The van der Waals surface area contributed by atoms with Gasteiger partial charge in [0.15, 0.2) is 0 Å². The van der Waals surface area contributed by atoms with Crippen LogP contribution < -0.4 is 10.2 Å². The minimum absolute atomic E-state index is 0.275. The molecule has 0 saturated heterocycles. The first kappa shape index (κ1) is 19.8. The quantitative estimate of drug-likeness (QED) is 0.463. The number of nitrogens with one attached hydrogen (secondary N) is 1. The normalized spacial score (nSPS) is 11.0. The molecule has 0 atom stereocenters. The number of hydrogen-bond donors (Lipinski definition) is 1. The molecule has 1 N–H and O–H groups in total. The maximum atomic E-state index is 12.3. The zero-order valence-corrected chi connectivity index (χ0v) is 17.5. The number of amides is 1. The molecule has 0 saturated carbocycles. The fraction of sp³-hybridized carbons (Fsp3) is 0.190. The highest BCUT2D eigenvalue weighted by atomic mass is 79.9. The minimum Gasteiger partial charge on any atom is -0.496 e. The lowest BCUT2D eigenvalue weighted by molar-refractivity contribution is 0.0955. The van der Waals surface area contributed by atoms with Crippen LogP contribution >= 0.6 is 15.9 Å². The number of carbonyl (C=O) groups is 1. The zero-order valence-electron chi connectivity index (χ0n) is 15.9. The van der Waals surface area contributed by atoms with Gasteiger partial charge in [-0.15, -0.1) is 0 Å². The molecular formula is C21H21BrN4O2. The molecule has 0 fully saturated rings. The summed E-state index contributed by atoms with van der Waals surface area (Å²) >= 11 is 3.41. The maximum absolute atomic E-state index is 12.3. The molecule has 0 aliphatic rings. The Hall–Kier alpha value is -2.93. The zero-order chi connectivity index (χ0) is 20.1. The third-order valence-electron chi connectivity index (χ3n) is 4.21. The predicted octanol–water partition coefficient (Wildman–Crippen LogP) is 4.08. The van der Waals surface area contributed by atoms with E-state index in [-0.39, 0.29) is 5.91 Å². The lowest BCUT2D eigenvalue weighted by Crippen LogP contribution is -2.17. The second-order valence-corrected chi connectivity index (χ2v) is 7.28. The van der Waals surface area contributed by atoms with Gasteiger partial charge in [0.05, 0.1) is 25.6 Å². The van der Waals surface area contributed by atoms with E-state index in [9.17, 15) is 4.79 Å². The lowest BCUT2D eigenvalue weighted by atomic mass is 10.1. The molecular weight excluding hydrogens is 420 g/mol. The van der Waals surface area contributed by atoms with E-state index in [1.165, 1.54) is 0 Å². The average molecular weight is 441 g/mol. The van der Waals surface area contributed by atoms with Crippen LogP contribution in [0.15, 0.2) is 58.1 Å². The molecule has 2 aromatic carbocycles. The van der Waals surface area contributed by atoms with Crippen molar-refractivity contribution in [3.63, 3.8) is 0 Å². The van der Waals surface area contributed by atoms with Crippen molar-refractivity contribution < 1.29 is 9.53 Å². The number of aromatic nitrogens is 2. The molecule has 28 heavy (non-hydrogen) atoms. The SMILES string of the molecule is COc1ccc(Br)cc1/C=N\NC(=O)c1ccc(Cn2nc(C)cc2C)cc1. The molecule has 0 aliphatic heterocycles. The number of methoxy groups -OCH3 is 1. The number of benzene rings is 2. The third kappa shape index (κ3) is 4.86. The standard InChI is InChI=1S/C21H21BrN4O2/c1-14-10-15(2)26(25-14)13-16-4-6-17(7-5-16)21(27)24-23-12-18-11-19(22)8-9-20(18)28-3/h4-12H,13H2,1-3H3,(H,24,27)/b23-12-. The molecule has 3 aromatic rings. The van der Waals surface area contributed by atoms with Crippen molar-refractivity contribution in [1.29, 1.82) is 0 Å². The first-order valence-corrected chi connectivity index (χ1v) is 9.52. The Morgan fingerprint density at radius 2 is 1.96 bits per heavy atom. The summed E-state index contributed by atoms with van der Waals surface area (Å²) in [5.74, 6) is 0.401. The van der Waals surface area contributed by atoms with Crippen LogP contribution in [0.25, 0.3) is 0 Å². The first-order valence-electron chi connectivity index (χ1n) is 8.73. The van der Waals surface area contributed by atoms with Crippen molar-refractivity contribution in [1.82, 2.24) is 15.2 Å². The summed E-state index contributed by atoms with van der Waals surface area (Å²) in [7, 11) is 1.59. The smallest absolute Gasteiger partial charge is 0.271 e. The van der Waals surface area contributed by atoms with Crippen molar-refractivity contribution in [3.05, 3.63) is 81.1 Å². The van der Waals surface area contributed by atoms with Gasteiger partial charge in [0.1, 0.15) is 5.75 Å². The van der Waals surface area contributed by atoms with Gasteiger partial charge in [-0.05, 0) is 55.8 Å². The van der Waals surface area contributed by atoms with Crippen LogP contribution in [0.1, 0.15) is 32.9 Å². The number of nitrogens with zero attached hydrogens (tertiary/aromatic N) is 3. The van der Waals surface area contributed by atoms with Gasteiger partial charge < -0.3 is 4.74 Å². The Balaban J connectivity index is 1.63. The van der Waals surface area contributed by atoms with E-state index < -0.39 is 0 Å². The van der Waals surface area contributed by atoms with E-state index in [0.717, 1.165) is 27.0 Å². The van der Waals surface area contributed by atoms with E-state index in [1.807, 2.05) is 54.9 Å². The van der Waals surface area contributed by atoms with Crippen molar-refractivity contribution in [3.8, 4) is 5.75 Å². The molecule has 1 amide bonds. The molecule has 7 heteroatoms. The van der Waals surface area contributed by atoms with Gasteiger partial charge in [0, 0.05) is 21.3 Å². The Labute approximate surface area is 172 Å². The first-order chi connectivity index (χ1) is 13.5. The molecule has 3 rings (SSSR count). The van der Waals surface area contributed by atoms with Gasteiger partial charge in [0.2, 0.25) is 0 Å². The summed E-state index contributed by atoms with van der Waals surface area (Å²) in [4.78, 5) is 12.3. The number of aryl methyl sites for hydroxylation is 2. The number of hydrazone groups is 1. The number of carbonyl (C=O) groups excluding carboxylic acids is 1. The highest BCUT2D eigenvalue weighted by Gasteiger charge is 2.07. The maximum Gasteiger partial charge on any atom is 0.271 e. The summed E-state index contributed by atoms with van der Waals surface area (Å²) in [6, 6.07) is 15.0. The largest absolute Gasteiger partial charge is 0.496 e. The Bertz CT molecular complexity index is 1010. The van der Waals surface area contributed by atoms with Crippen molar-refractivity contribution >= 4 is 28.1 Å². The van der Waals surface area contributed by atoms with E-state index >= 15 is 0 Å². The fourth-order valence-electron chi connectivity index (χ4n) is 2.80.